The van der Waals surface area contributed by atoms with E-state index in [1.54, 1.807) is 0 Å². The number of benzene rings is 2. The molecule has 0 spiro atoms. The fourth-order valence-corrected chi connectivity index (χ4v) is 5.21. The Balaban J connectivity index is 1.34. The van der Waals surface area contributed by atoms with E-state index >= 15 is 0 Å². The van der Waals surface area contributed by atoms with Crippen LogP contribution in [-0.4, -0.2) is 22.2 Å². The fraction of sp³-hybridized carbons (Fsp3) is 0.231. The van der Waals surface area contributed by atoms with Crippen molar-refractivity contribution in [1.82, 2.24) is 9.78 Å². The molecule has 4 aromatic rings. The lowest BCUT2D eigenvalue weighted by Crippen LogP contribution is -2.30. The van der Waals surface area contributed by atoms with E-state index in [2.05, 4.69) is 38.9 Å². The molecule has 5 rings (SSSR count). The van der Waals surface area contributed by atoms with Crippen LogP contribution in [0.1, 0.15) is 37.7 Å². The summed E-state index contributed by atoms with van der Waals surface area (Å²) in [5, 5.41) is 9.85. The predicted molar refractivity (Wildman–Crippen MR) is 131 cm³/mol. The van der Waals surface area contributed by atoms with Crippen molar-refractivity contribution < 1.29 is 4.79 Å². The molecular formula is C26H26N4OS. The third-order valence-corrected chi connectivity index (χ3v) is 6.95. The summed E-state index contributed by atoms with van der Waals surface area (Å²) in [4.78, 5) is 17.0. The first-order valence-electron chi connectivity index (χ1n) is 10.9. The molecule has 0 radical (unpaired) electrons. The molecule has 0 bridgehead atoms. The molecule has 0 saturated heterocycles. The van der Waals surface area contributed by atoms with Crippen molar-refractivity contribution in [3.8, 4) is 0 Å². The van der Waals surface area contributed by atoms with Crippen LogP contribution in [0.4, 0.5) is 11.4 Å². The van der Waals surface area contributed by atoms with Crippen LogP contribution in [0, 0.1) is 13.8 Å². The van der Waals surface area contributed by atoms with Gasteiger partial charge in [0, 0.05) is 29.2 Å². The number of rotatable bonds is 5. The number of hydrogen-bond donors (Lipinski definition) is 1. The Bertz CT molecular complexity index is 1270. The van der Waals surface area contributed by atoms with E-state index in [0.717, 1.165) is 47.8 Å². The van der Waals surface area contributed by atoms with E-state index in [0.29, 0.717) is 12.1 Å². The van der Waals surface area contributed by atoms with Crippen molar-refractivity contribution in [2.75, 3.05) is 16.8 Å². The van der Waals surface area contributed by atoms with Crippen molar-refractivity contribution >= 4 is 28.6 Å². The van der Waals surface area contributed by atoms with Crippen LogP contribution in [0.5, 0.6) is 0 Å². The maximum Gasteiger partial charge on any atom is 0.255 e. The van der Waals surface area contributed by atoms with Crippen LogP contribution in [0.3, 0.4) is 0 Å². The molecule has 32 heavy (non-hydrogen) atoms. The first-order valence-corrected chi connectivity index (χ1v) is 11.8. The molecule has 0 fully saturated rings. The highest BCUT2D eigenvalue weighted by Gasteiger charge is 2.20. The Kier molecular flexibility index (Phi) is 5.53. The van der Waals surface area contributed by atoms with Gasteiger partial charge in [-0.2, -0.15) is 5.10 Å². The van der Waals surface area contributed by atoms with Gasteiger partial charge < -0.3 is 10.2 Å². The number of anilines is 2. The summed E-state index contributed by atoms with van der Waals surface area (Å²) in [7, 11) is 0. The smallest absolute Gasteiger partial charge is 0.255 e. The Hall–Kier alpha value is -3.38. The monoisotopic (exact) mass is 442 g/mol. The van der Waals surface area contributed by atoms with Gasteiger partial charge in [-0.15, -0.1) is 11.3 Å². The van der Waals surface area contributed by atoms with Crippen molar-refractivity contribution in [1.29, 1.82) is 0 Å². The van der Waals surface area contributed by atoms with Crippen LogP contribution in [0.15, 0.2) is 66.0 Å². The summed E-state index contributed by atoms with van der Waals surface area (Å²) >= 11 is 1.84. The highest BCUT2D eigenvalue weighted by atomic mass is 32.1. The van der Waals surface area contributed by atoms with Gasteiger partial charge in [0.15, 0.2) is 0 Å². The Morgan fingerprint density at radius 1 is 1.09 bits per heavy atom. The average Bonchev–Trinajstić information content (AvgIpc) is 3.39. The summed E-state index contributed by atoms with van der Waals surface area (Å²) in [5.41, 5.74) is 7.12. The molecule has 1 N–H and O–H groups in total. The molecule has 0 aliphatic carbocycles. The first-order chi connectivity index (χ1) is 15.6. The third kappa shape index (κ3) is 4.18. The van der Waals surface area contributed by atoms with Crippen LogP contribution in [-0.2, 0) is 19.5 Å². The quantitative estimate of drug-likeness (QED) is 0.449. The van der Waals surface area contributed by atoms with E-state index < -0.39 is 0 Å². The van der Waals surface area contributed by atoms with Gasteiger partial charge in [0.1, 0.15) is 0 Å². The van der Waals surface area contributed by atoms with E-state index in [9.17, 15) is 4.79 Å². The van der Waals surface area contributed by atoms with Gasteiger partial charge in [-0.05, 0) is 73.2 Å². The summed E-state index contributed by atoms with van der Waals surface area (Å²) < 4.78 is 1.97. The number of carbonyl (C=O) groups is 1. The molecule has 1 aliphatic rings. The van der Waals surface area contributed by atoms with Gasteiger partial charge in [0.2, 0.25) is 0 Å². The number of nitrogens with one attached hydrogen (secondary N) is 1. The van der Waals surface area contributed by atoms with Gasteiger partial charge in [0.25, 0.3) is 5.91 Å². The number of aryl methyl sites for hydroxylation is 2. The fourth-order valence-electron chi connectivity index (χ4n) is 4.32. The molecule has 2 aromatic carbocycles. The lowest BCUT2D eigenvalue weighted by atomic mass is 10.1. The van der Waals surface area contributed by atoms with Gasteiger partial charge in [-0.3, -0.25) is 9.48 Å². The van der Waals surface area contributed by atoms with Crippen molar-refractivity contribution in [3.05, 3.63) is 99.0 Å². The maximum atomic E-state index is 13.1. The van der Waals surface area contributed by atoms with E-state index in [1.807, 2.05) is 72.3 Å². The Labute approximate surface area is 192 Å². The van der Waals surface area contributed by atoms with Crippen LogP contribution in [0.2, 0.25) is 0 Å². The summed E-state index contributed by atoms with van der Waals surface area (Å²) in [5.74, 6) is -0.0964. The number of nitrogens with zero attached hydrogens (tertiary/aromatic N) is 3. The van der Waals surface area contributed by atoms with Gasteiger partial charge in [-0.25, -0.2) is 0 Å². The predicted octanol–water partition coefficient (Wildman–Crippen LogP) is 5.42. The zero-order chi connectivity index (χ0) is 22.1. The normalized spacial score (nSPS) is 13.1. The molecule has 3 heterocycles. The molecule has 1 amide bonds. The molecule has 0 unspecified atom stereocenters. The van der Waals surface area contributed by atoms with Crippen LogP contribution in [0.25, 0.3) is 0 Å². The van der Waals surface area contributed by atoms with Crippen molar-refractivity contribution in [2.45, 2.75) is 33.4 Å². The molecule has 1 aliphatic heterocycles. The van der Waals surface area contributed by atoms with E-state index in [1.165, 1.54) is 10.4 Å². The molecule has 6 heteroatoms. The van der Waals surface area contributed by atoms with Crippen LogP contribution < -0.4 is 10.2 Å². The minimum absolute atomic E-state index is 0.0964. The second-order valence-corrected chi connectivity index (χ2v) is 9.30. The van der Waals surface area contributed by atoms with E-state index in [-0.39, 0.29) is 5.91 Å². The topological polar surface area (TPSA) is 50.2 Å². The molecule has 0 atom stereocenters. The lowest BCUT2D eigenvalue weighted by Gasteiger charge is -2.30. The summed E-state index contributed by atoms with van der Waals surface area (Å²) in [6, 6.07) is 20.1. The second kappa shape index (κ2) is 8.63. The molecule has 2 aromatic heterocycles. The van der Waals surface area contributed by atoms with Gasteiger partial charge >= 0.3 is 0 Å². The molecule has 162 valence electrons. The minimum atomic E-state index is -0.0964. The van der Waals surface area contributed by atoms with Gasteiger partial charge in [0.05, 0.1) is 23.6 Å². The molecule has 0 saturated carbocycles. The minimum Gasteiger partial charge on any atom is -0.365 e. The number of hydrogen-bond acceptors (Lipinski definition) is 4. The van der Waals surface area contributed by atoms with Gasteiger partial charge in [-0.1, -0.05) is 24.3 Å². The Morgan fingerprint density at radius 2 is 1.97 bits per heavy atom. The molecule has 5 nitrogen and oxygen atoms in total. The highest BCUT2D eigenvalue weighted by Crippen LogP contribution is 2.32. The zero-order valence-corrected chi connectivity index (χ0v) is 19.2. The number of amides is 1. The number of para-hydroxylation sites is 2. The first kappa shape index (κ1) is 20.5. The maximum absolute atomic E-state index is 13.1. The average molecular weight is 443 g/mol. The SMILES string of the molecule is Cc1cc(C)n(Cc2cccc(C(=O)Nc3ccccc3N3CCc4sccc4C3)c2)n1. The third-order valence-electron chi connectivity index (χ3n) is 5.93. The van der Waals surface area contributed by atoms with Crippen molar-refractivity contribution in [3.63, 3.8) is 0 Å². The lowest BCUT2D eigenvalue weighted by molar-refractivity contribution is 0.102. The highest BCUT2D eigenvalue weighted by molar-refractivity contribution is 7.10. The second-order valence-electron chi connectivity index (χ2n) is 8.30. The number of fused-ring (bicyclic) bond motifs is 1. The number of aromatic nitrogens is 2. The standard InChI is InChI=1S/C26H26N4OS/c1-18-14-19(2)30(28-18)16-20-6-5-7-21(15-20)26(31)27-23-8-3-4-9-24(23)29-12-10-25-22(17-29)11-13-32-25/h3-9,11,13-15H,10,12,16-17H2,1-2H3,(H,27,31). The number of thiophene rings is 1. The molecular weight excluding hydrogens is 416 g/mol. The summed E-state index contributed by atoms with van der Waals surface area (Å²) in [6.45, 7) is 6.52. The zero-order valence-electron chi connectivity index (χ0n) is 18.3. The van der Waals surface area contributed by atoms with E-state index in [4.69, 9.17) is 0 Å². The van der Waals surface area contributed by atoms with Crippen molar-refractivity contribution in [2.24, 2.45) is 0 Å². The summed E-state index contributed by atoms with van der Waals surface area (Å²) in [6.07, 6.45) is 1.05. The largest absolute Gasteiger partial charge is 0.365 e. The Morgan fingerprint density at radius 3 is 2.81 bits per heavy atom. The van der Waals surface area contributed by atoms with Crippen LogP contribution >= 0.6 is 11.3 Å². The number of carbonyl (C=O) groups excluding carboxylic acids is 1.